The highest BCUT2D eigenvalue weighted by molar-refractivity contribution is 7.17. The predicted molar refractivity (Wildman–Crippen MR) is 129 cm³/mol. The summed E-state index contributed by atoms with van der Waals surface area (Å²) < 4.78 is 31.4. The number of methoxy groups -OCH3 is 1. The lowest BCUT2D eigenvalue weighted by molar-refractivity contribution is -0.142. The van der Waals surface area contributed by atoms with Crippen LogP contribution in [0.4, 0.5) is 13.9 Å². The van der Waals surface area contributed by atoms with Gasteiger partial charge in [-0.2, -0.15) is 0 Å². The fourth-order valence-electron chi connectivity index (χ4n) is 3.22. The number of rotatable bonds is 9. The summed E-state index contributed by atoms with van der Waals surface area (Å²) in [4.78, 5) is 53.8. The van der Waals surface area contributed by atoms with E-state index in [-0.39, 0.29) is 33.4 Å². The van der Waals surface area contributed by atoms with Gasteiger partial charge in [0.1, 0.15) is 28.3 Å². The molecule has 0 aliphatic rings. The number of nitrogens with one attached hydrogen (secondary N) is 3. The number of nitrogens with zero attached hydrogens (tertiary/aromatic N) is 1. The molecule has 1 atom stereocenters. The molecule has 1 unspecified atom stereocenters. The van der Waals surface area contributed by atoms with Gasteiger partial charge in [0.05, 0.1) is 19.2 Å². The van der Waals surface area contributed by atoms with E-state index in [0.717, 1.165) is 30.6 Å². The number of amides is 3. The van der Waals surface area contributed by atoms with Crippen LogP contribution in [0.25, 0.3) is 0 Å². The summed E-state index contributed by atoms with van der Waals surface area (Å²) in [5.74, 6) is -4.76. The van der Waals surface area contributed by atoms with Gasteiger partial charge >= 0.3 is 5.97 Å². The van der Waals surface area contributed by atoms with Crippen molar-refractivity contribution in [3.63, 3.8) is 0 Å². The molecule has 0 spiro atoms. The second-order valence-corrected chi connectivity index (χ2v) is 8.74. The number of halogens is 2. The summed E-state index contributed by atoms with van der Waals surface area (Å²) in [6.07, 6.45) is -0.0338. The van der Waals surface area contributed by atoms with E-state index in [2.05, 4.69) is 25.7 Å². The van der Waals surface area contributed by atoms with Crippen LogP contribution in [-0.2, 0) is 20.7 Å². The lowest BCUT2D eigenvalue weighted by atomic mass is 10.1. The molecule has 2 aromatic carbocycles. The zero-order valence-electron chi connectivity index (χ0n) is 19.6. The summed E-state index contributed by atoms with van der Waals surface area (Å²) in [5, 5.41) is 17.0. The number of phenols is 1. The van der Waals surface area contributed by atoms with Crippen LogP contribution in [0.3, 0.4) is 0 Å². The monoisotopic (exact) mass is 532 g/mol. The number of carbonyl (C=O) groups is 4. The Morgan fingerprint density at radius 1 is 1.08 bits per heavy atom. The second-order valence-electron chi connectivity index (χ2n) is 7.75. The molecule has 3 rings (SSSR count). The van der Waals surface area contributed by atoms with Crippen LogP contribution in [0.5, 0.6) is 5.75 Å². The van der Waals surface area contributed by atoms with Gasteiger partial charge in [0.2, 0.25) is 5.91 Å². The molecule has 0 bridgehead atoms. The number of hydrogen-bond acceptors (Lipinski definition) is 8. The molecule has 10 nitrogen and oxygen atoms in total. The normalized spacial score (nSPS) is 11.4. The second kappa shape index (κ2) is 12.0. The molecule has 37 heavy (non-hydrogen) atoms. The average Bonchev–Trinajstić information content (AvgIpc) is 3.19. The number of benzene rings is 2. The molecule has 13 heteroatoms. The zero-order valence-corrected chi connectivity index (χ0v) is 20.4. The quantitative estimate of drug-likeness (QED) is 0.309. The lowest BCUT2D eigenvalue weighted by Crippen LogP contribution is -2.49. The van der Waals surface area contributed by atoms with E-state index >= 15 is 0 Å². The van der Waals surface area contributed by atoms with E-state index in [0.29, 0.717) is 11.6 Å². The van der Waals surface area contributed by atoms with E-state index in [1.165, 1.54) is 19.1 Å². The molecule has 0 saturated carbocycles. The van der Waals surface area contributed by atoms with Gasteiger partial charge < -0.3 is 25.8 Å². The first-order valence-electron chi connectivity index (χ1n) is 10.7. The molecular weight excluding hydrogens is 510 g/mol. The highest BCUT2D eigenvalue weighted by Crippen LogP contribution is 2.23. The molecule has 3 aromatic rings. The Labute approximate surface area is 213 Å². The minimum Gasteiger partial charge on any atom is -0.508 e. The Morgan fingerprint density at radius 3 is 2.43 bits per heavy atom. The third kappa shape index (κ3) is 7.54. The molecule has 3 amide bonds. The first-order chi connectivity index (χ1) is 17.5. The first kappa shape index (κ1) is 27.2. The van der Waals surface area contributed by atoms with Crippen molar-refractivity contribution in [2.24, 2.45) is 0 Å². The van der Waals surface area contributed by atoms with Crippen molar-refractivity contribution in [2.45, 2.75) is 19.4 Å². The van der Waals surface area contributed by atoms with E-state index in [1.54, 1.807) is 12.1 Å². The number of aryl methyl sites for hydroxylation is 1. The molecule has 194 valence electrons. The van der Waals surface area contributed by atoms with Crippen LogP contribution in [0.1, 0.15) is 31.3 Å². The minimum atomic E-state index is -1.33. The Kier molecular flexibility index (Phi) is 8.85. The van der Waals surface area contributed by atoms with Crippen LogP contribution in [-0.4, -0.2) is 53.5 Å². The maximum absolute atomic E-state index is 13.4. The topological polar surface area (TPSA) is 147 Å². The number of carbonyl (C=O) groups excluding carboxylic acids is 4. The summed E-state index contributed by atoms with van der Waals surface area (Å²) in [5.41, 5.74) is 0.544. The molecule has 4 N–H and O–H groups in total. The van der Waals surface area contributed by atoms with Crippen molar-refractivity contribution in [1.82, 2.24) is 15.6 Å². The molecular formula is C24H22F2N4O6S. The summed E-state index contributed by atoms with van der Waals surface area (Å²) >= 11 is 0.868. The average molecular weight is 533 g/mol. The van der Waals surface area contributed by atoms with E-state index in [9.17, 15) is 33.1 Å². The molecule has 0 radical (unpaired) electrons. The highest BCUT2D eigenvalue weighted by Gasteiger charge is 2.26. The fourth-order valence-corrected chi connectivity index (χ4v) is 4.10. The van der Waals surface area contributed by atoms with Crippen molar-refractivity contribution >= 4 is 40.2 Å². The number of aromatic nitrogens is 1. The number of aromatic hydroxyl groups is 1. The van der Waals surface area contributed by atoms with E-state index in [1.807, 2.05) is 0 Å². The molecule has 0 aliphatic carbocycles. The summed E-state index contributed by atoms with van der Waals surface area (Å²) in [6, 6.07) is 7.11. The number of phenolic OH excluding ortho intramolecular Hbond substituents is 1. The lowest BCUT2D eigenvalue weighted by Gasteiger charge is -2.17. The van der Waals surface area contributed by atoms with Gasteiger partial charge in [-0.05, 0) is 36.8 Å². The van der Waals surface area contributed by atoms with Crippen molar-refractivity contribution in [2.75, 3.05) is 19.0 Å². The van der Waals surface area contributed by atoms with E-state index in [4.69, 9.17) is 0 Å². The van der Waals surface area contributed by atoms with Crippen LogP contribution < -0.4 is 16.0 Å². The first-order valence-corrected chi connectivity index (χ1v) is 11.6. The Bertz CT molecular complexity index is 1330. The Morgan fingerprint density at radius 2 is 1.78 bits per heavy atom. The third-order valence-corrected chi connectivity index (χ3v) is 5.98. The van der Waals surface area contributed by atoms with Gasteiger partial charge in [-0.1, -0.05) is 23.5 Å². The smallest absolute Gasteiger partial charge is 0.330 e. The SMILES string of the molecule is COC(=O)C(CNC(=O)c1cc(F)cc(F)c1)NC(=O)c1sc(NC(=O)Cc2cccc(O)c2)nc1C. The van der Waals surface area contributed by atoms with Crippen LogP contribution in [0, 0.1) is 18.6 Å². The van der Waals surface area contributed by atoms with Gasteiger partial charge in [-0.3, -0.25) is 14.4 Å². The van der Waals surface area contributed by atoms with Gasteiger partial charge in [-0.15, -0.1) is 0 Å². The van der Waals surface area contributed by atoms with Crippen LogP contribution >= 0.6 is 11.3 Å². The highest BCUT2D eigenvalue weighted by atomic mass is 32.1. The zero-order chi connectivity index (χ0) is 27.1. The van der Waals surface area contributed by atoms with Gasteiger partial charge in [0.15, 0.2) is 5.13 Å². The van der Waals surface area contributed by atoms with Crippen LogP contribution in [0.15, 0.2) is 42.5 Å². The molecule has 0 aliphatic heterocycles. The molecule has 1 aromatic heterocycles. The maximum atomic E-state index is 13.4. The van der Waals surface area contributed by atoms with Crippen molar-refractivity contribution < 1.29 is 37.8 Å². The number of hydrogen-bond donors (Lipinski definition) is 4. The van der Waals surface area contributed by atoms with E-state index < -0.39 is 47.9 Å². The summed E-state index contributed by atoms with van der Waals surface area (Å²) in [7, 11) is 1.09. The summed E-state index contributed by atoms with van der Waals surface area (Å²) in [6.45, 7) is 1.10. The van der Waals surface area contributed by atoms with Crippen LogP contribution in [0.2, 0.25) is 0 Å². The van der Waals surface area contributed by atoms with Crippen molar-refractivity contribution in [1.29, 1.82) is 0 Å². The Balaban J connectivity index is 1.64. The minimum absolute atomic E-state index is 0.0220. The molecule has 1 heterocycles. The third-order valence-electron chi connectivity index (χ3n) is 4.91. The molecule has 0 fully saturated rings. The predicted octanol–water partition coefficient (Wildman–Crippen LogP) is 2.32. The number of thiazole rings is 1. The standard InChI is InChI=1S/C24H22F2N4O6S/c1-12-20(37-24(28-12)30-19(32)7-13-4-3-5-17(31)6-13)22(34)29-18(23(35)36-2)11-27-21(33)14-8-15(25)10-16(26)9-14/h3-6,8-10,18,31H,7,11H2,1-2H3,(H,27,33)(H,29,34)(H,28,30,32). The number of anilines is 1. The van der Waals surface area contributed by atoms with Crippen molar-refractivity contribution in [3.05, 3.63) is 75.8 Å². The Hall–Kier alpha value is -4.39. The number of esters is 1. The van der Waals surface area contributed by atoms with Crippen molar-refractivity contribution in [3.8, 4) is 5.75 Å². The van der Waals surface area contributed by atoms with Gasteiger partial charge in [-0.25, -0.2) is 18.6 Å². The fraction of sp³-hybridized carbons (Fsp3) is 0.208. The number of ether oxygens (including phenoxy) is 1. The molecule has 0 saturated heterocycles. The van der Waals surface area contributed by atoms with Gasteiger partial charge in [0, 0.05) is 18.2 Å². The van der Waals surface area contributed by atoms with Gasteiger partial charge in [0.25, 0.3) is 11.8 Å². The maximum Gasteiger partial charge on any atom is 0.330 e. The largest absolute Gasteiger partial charge is 0.508 e.